The molecule has 0 saturated heterocycles. The van der Waals surface area contributed by atoms with E-state index in [1.807, 2.05) is 31.2 Å². The van der Waals surface area contributed by atoms with E-state index in [1.54, 1.807) is 23.1 Å². The molecule has 2 aromatic rings. The molecule has 0 unspecified atom stereocenters. The Bertz CT molecular complexity index is 738. The van der Waals surface area contributed by atoms with E-state index in [1.165, 1.54) is 0 Å². The van der Waals surface area contributed by atoms with Gasteiger partial charge in [0.25, 0.3) is 5.91 Å². The number of fused-ring (bicyclic) bond motifs is 1. The maximum atomic E-state index is 12.4. The quantitative estimate of drug-likeness (QED) is 0.683. The van der Waals surface area contributed by atoms with Gasteiger partial charge in [-0.2, -0.15) is 0 Å². The summed E-state index contributed by atoms with van der Waals surface area (Å²) in [6.07, 6.45) is 0. The highest BCUT2D eigenvalue weighted by molar-refractivity contribution is 6.54. The first kappa shape index (κ1) is 13.6. The highest BCUT2D eigenvalue weighted by atomic mass is 35.5. The Morgan fingerprint density at radius 3 is 2.57 bits per heavy atom. The Morgan fingerprint density at radius 2 is 1.90 bits per heavy atom. The molecule has 0 aromatic heterocycles. The van der Waals surface area contributed by atoms with Crippen molar-refractivity contribution in [1.82, 2.24) is 0 Å². The van der Waals surface area contributed by atoms with Crippen molar-refractivity contribution in [3.05, 3.63) is 64.2 Å². The van der Waals surface area contributed by atoms with E-state index in [2.05, 4.69) is 5.16 Å². The number of oxime groups is 1. The van der Waals surface area contributed by atoms with Gasteiger partial charge in [0.2, 0.25) is 0 Å². The van der Waals surface area contributed by atoms with Crippen LogP contribution < -0.4 is 4.90 Å². The van der Waals surface area contributed by atoms with Gasteiger partial charge < -0.3 is 10.1 Å². The average Bonchev–Trinajstić information content (AvgIpc) is 2.73. The van der Waals surface area contributed by atoms with E-state index in [4.69, 9.17) is 16.8 Å². The number of hydrogen-bond acceptors (Lipinski definition) is 3. The fourth-order valence-corrected chi connectivity index (χ4v) is 2.59. The highest BCUT2D eigenvalue weighted by Gasteiger charge is 2.34. The van der Waals surface area contributed by atoms with Gasteiger partial charge in [0.1, 0.15) is 0 Å². The summed E-state index contributed by atoms with van der Waals surface area (Å²) in [5.74, 6) is -0.324. The molecule has 0 aliphatic carbocycles. The lowest BCUT2D eigenvalue weighted by Crippen LogP contribution is -2.29. The van der Waals surface area contributed by atoms with E-state index in [-0.39, 0.29) is 11.6 Å². The van der Waals surface area contributed by atoms with Crippen LogP contribution in [0, 0.1) is 6.92 Å². The number of anilines is 1. The summed E-state index contributed by atoms with van der Waals surface area (Å²) < 4.78 is 0. The molecule has 0 bridgehead atoms. The predicted molar refractivity (Wildman–Crippen MR) is 82.1 cm³/mol. The number of nitrogens with zero attached hydrogens (tertiary/aromatic N) is 2. The Morgan fingerprint density at radius 1 is 1.19 bits per heavy atom. The number of rotatable bonds is 2. The molecule has 2 aromatic carbocycles. The highest BCUT2D eigenvalue weighted by Crippen LogP contribution is 2.32. The van der Waals surface area contributed by atoms with E-state index in [9.17, 15) is 4.79 Å². The second kappa shape index (κ2) is 5.22. The minimum atomic E-state index is -0.324. The number of carbonyl (C=O) groups excluding carboxylic acids is 1. The molecular weight excluding hydrogens is 288 g/mol. The minimum Gasteiger partial charge on any atom is -0.410 e. The zero-order valence-electron chi connectivity index (χ0n) is 11.4. The topological polar surface area (TPSA) is 52.9 Å². The van der Waals surface area contributed by atoms with Gasteiger partial charge in [-0.3, -0.25) is 4.79 Å². The van der Waals surface area contributed by atoms with Crippen LogP contribution in [0.25, 0.3) is 0 Å². The first-order valence-corrected chi connectivity index (χ1v) is 6.87. The molecule has 0 radical (unpaired) electrons. The fourth-order valence-electron chi connectivity index (χ4n) is 2.42. The molecule has 1 N–H and O–H groups in total. The molecule has 1 aliphatic heterocycles. The predicted octanol–water partition coefficient (Wildman–Crippen LogP) is 3.37. The molecule has 1 heterocycles. The minimum absolute atomic E-state index is 0.0274. The molecule has 106 valence electrons. The number of carbonyl (C=O) groups is 1. The van der Waals surface area contributed by atoms with Crippen molar-refractivity contribution in [1.29, 1.82) is 0 Å². The van der Waals surface area contributed by atoms with Crippen LogP contribution in [0.3, 0.4) is 0 Å². The standard InChI is InChI=1S/C16H13ClN2O2/c1-10-2-4-11(5-3-10)9-19-14-7-6-12(17)8-13(14)15(18-21)16(19)20/h2-8,21H,9H2,1H3/b18-15-. The SMILES string of the molecule is Cc1ccc(CN2C(=O)/C(=N\O)c3cc(Cl)ccc32)cc1. The Hall–Kier alpha value is -2.33. The van der Waals surface area contributed by atoms with Gasteiger partial charge in [0.15, 0.2) is 5.71 Å². The van der Waals surface area contributed by atoms with E-state index in [0.717, 1.165) is 11.1 Å². The van der Waals surface area contributed by atoms with Crippen molar-refractivity contribution in [3.8, 4) is 0 Å². The lowest BCUT2D eigenvalue weighted by Gasteiger charge is -2.17. The number of amides is 1. The van der Waals surface area contributed by atoms with Crippen molar-refractivity contribution < 1.29 is 10.0 Å². The van der Waals surface area contributed by atoms with E-state index < -0.39 is 0 Å². The third-order valence-corrected chi connectivity index (χ3v) is 3.75. The van der Waals surface area contributed by atoms with Crippen molar-refractivity contribution in [2.24, 2.45) is 5.16 Å². The average molecular weight is 301 g/mol. The van der Waals surface area contributed by atoms with Crippen molar-refractivity contribution in [2.75, 3.05) is 4.90 Å². The molecule has 1 amide bonds. The second-order valence-corrected chi connectivity index (χ2v) is 5.42. The van der Waals surface area contributed by atoms with E-state index in [0.29, 0.717) is 22.8 Å². The van der Waals surface area contributed by atoms with Gasteiger partial charge in [-0.15, -0.1) is 0 Å². The Balaban J connectivity index is 2.00. The third kappa shape index (κ3) is 2.38. The van der Waals surface area contributed by atoms with Gasteiger partial charge in [-0.05, 0) is 30.7 Å². The number of hydrogen-bond donors (Lipinski definition) is 1. The van der Waals surface area contributed by atoms with Crippen LogP contribution >= 0.6 is 11.6 Å². The second-order valence-electron chi connectivity index (χ2n) is 4.99. The Labute approximate surface area is 127 Å². The number of benzene rings is 2. The lowest BCUT2D eigenvalue weighted by molar-refractivity contribution is -0.112. The molecule has 0 fully saturated rings. The maximum Gasteiger partial charge on any atom is 0.281 e. The Kier molecular flexibility index (Phi) is 3.39. The molecule has 21 heavy (non-hydrogen) atoms. The summed E-state index contributed by atoms with van der Waals surface area (Å²) in [4.78, 5) is 14.0. The number of aryl methyl sites for hydroxylation is 1. The smallest absolute Gasteiger partial charge is 0.281 e. The van der Waals surface area contributed by atoms with Crippen LogP contribution in [0.15, 0.2) is 47.6 Å². The molecule has 5 heteroatoms. The monoisotopic (exact) mass is 300 g/mol. The van der Waals surface area contributed by atoms with Crippen LogP contribution in [0.5, 0.6) is 0 Å². The maximum absolute atomic E-state index is 12.4. The molecule has 0 atom stereocenters. The fraction of sp³-hybridized carbons (Fsp3) is 0.125. The van der Waals surface area contributed by atoms with Gasteiger partial charge >= 0.3 is 0 Å². The van der Waals surface area contributed by atoms with Crippen LogP contribution in [0.1, 0.15) is 16.7 Å². The van der Waals surface area contributed by atoms with Crippen molar-refractivity contribution in [3.63, 3.8) is 0 Å². The van der Waals surface area contributed by atoms with Crippen molar-refractivity contribution >= 4 is 28.9 Å². The van der Waals surface area contributed by atoms with Crippen LogP contribution in [-0.4, -0.2) is 16.8 Å². The third-order valence-electron chi connectivity index (χ3n) is 3.51. The van der Waals surface area contributed by atoms with Gasteiger partial charge in [-0.25, -0.2) is 0 Å². The largest absolute Gasteiger partial charge is 0.410 e. The van der Waals surface area contributed by atoms with Gasteiger partial charge in [0, 0.05) is 10.6 Å². The van der Waals surface area contributed by atoms with Crippen LogP contribution in [0.4, 0.5) is 5.69 Å². The van der Waals surface area contributed by atoms with Gasteiger partial charge in [0.05, 0.1) is 12.2 Å². The molecule has 0 spiro atoms. The van der Waals surface area contributed by atoms with E-state index >= 15 is 0 Å². The molecule has 0 saturated carbocycles. The van der Waals surface area contributed by atoms with Gasteiger partial charge in [-0.1, -0.05) is 46.6 Å². The summed E-state index contributed by atoms with van der Waals surface area (Å²) >= 11 is 5.95. The summed E-state index contributed by atoms with van der Waals surface area (Å²) in [5.41, 5.74) is 3.46. The zero-order valence-corrected chi connectivity index (χ0v) is 12.1. The molecular formula is C16H13ClN2O2. The summed E-state index contributed by atoms with van der Waals surface area (Å²) in [6, 6.07) is 13.1. The molecule has 4 nitrogen and oxygen atoms in total. The molecule has 3 rings (SSSR count). The number of halogens is 1. The summed E-state index contributed by atoms with van der Waals surface area (Å²) in [7, 11) is 0. The lowest BCUT2D eigenvalue weighted by atomic mass is 10.1. The van der Waals surface area contributed by atoms with Crippen LogP contribution in [0.2, 0.25) is 5.02 Å². The normalized spacial score (nSPS) is 15.6. The zero-order chi connectivity index (χ0) is 15.0. The first-order chi connectivity index (χ1) is 10.1. The molecule has 1 aliphatic rings. The summed E-state index contributed by atoms with van der Waals surface area (Å²) in [5, 5.41) is 12.7. The van der Waals surface area contributed by atoms with Crippen LogP contribution in [-0.2, 0) is 11.3 Å². The summed E-state index contributed by atoms with van der Waals surface area (Å²) in [6.45, 7) is 2.44. The first-order valence-electron chi connectivity index (χ1n) is 6.49. The van der Waals surface area contributed by atoms with Crippen molar-refractivity contribution in [2.45, 2.75) is 13.5 Å².